The van der Waals surface area contributed by atoms with Crippen LogP contribution in [0.4, 0.5) is 0 Å². The van der Waals surface area contributed by atoms with Gasteiger partial charge in [-0.25, -0.2) is 0 Å². The molecule has 0 amide bonds. The smallest absolute Gasteiger partial charge is 0.0575 e. The molecule has 1 aromatic carbocycles. The number of benzene rings is 1. The minimum absolute atomic E-state index is 0.486. The Labute approximate surface area is 166 Å². The molecule has 2 saturated carbocycles. The molecule has 1 heteroatoms. The van der Waals surface area contributed by atoms with Gasteiger partial charge in [-0.3, -0.25) is 0 Å². The first kappa shape index (κ1) is 20.2. The first-order valence-electron chi connectivity index (χ1n) is 11.2. The number of hydrogen-bond donors (Lipinski definition) is 0. The van der Waals surface area contributed by atoms with Crippen molar-refractivity contribution in [2.24, 2.45) is 11.8 Å². The molecule has 0 bridgehead atoms. The third-order valence-corrected chi connectivity index (χ3v) is 6.60. The summed E-state index contributed by atoms with van der Waals surface area (Å²) >= 11 is 0. The molecule has 2 aliphatic rings. The van der Waals surface area contributed by atoms with E-state index in [4.69, 9.17) is 4.74 Å². The molecular formula is C26H36O. The van der Waals surface area contributed by atoms with Crippen LogP contribution in [0.15, 0.2) is 36.4 Å². The van der Waals surface area contributed by atoms with E-state index in [1.165, 1.54) is 63.4 Å². The predicted octanol–water partition coefficient (Wildman–Crippen LogP) is 6.87. The zero-order valence-corrected chi connectivity index (χ0v) is 17.3. The highest BCUT2D eigenvalue weighted by atomic mass is 16.5. The molecule has 0 N–H and O–H groups in total. The molecular weight excluding hydrogens is 328 g/mol. The Morgan fingerprint density at radius 3 is 2.26 bits per heavy atom. The van der Waals surface area contributed by atoms with Gasteiger partial charge in [0, 0.05) is 12.2 Å². The Bertz CT molecular complexity index is 629. The lowest BCUT2D eigenvalue weighted by molar-refractivity contribution is 0.0328. The fourth-order valence-corrected chi connectivity index (χ4v) is 4.74. The van der Waals surface area contributed by atoms with Gasteiger partial charge in [-0.15, -0.1) is 0 Å². The van der Waals surface area contributed by atoms with Crippen molar-refractivity contribution >= 4 is 0 Å². The number of rotatable bonds is 5. The highest BCUT2D eigenvalue weighted by molar-refractivity contribution is 5.39. The van der Waals surface area contributed by atoms with Gasteiger partial charge in [-0.05, 0) is 99.8 Å². The van der Waals surface area contributed by atoms with Crippen molar-refractivity contribution in [3.05, 3.63) is 47.5 Å². The van der Waals surface area contributed by atoms with Gasteiger partial charge in [0.25, 0.3) is 0 Å². The monoisotopic (exact) mass is 364 g/mol. The van der Waals surface area contributed by atoms with Crippen molar-refractivity contribution in [3.63, 3.8) is 0 Å². The fourth-order valence-electron chi connectivity index (χ4n) is 4.74. The molecule has 27 heavy (non-hydrogen) atoms. The van der Waals surface area contributed by atoms with E-state index in [1.54, 1.807) is 0 Å². The van der Waals surface area contributed by atoms with Crippen LogP contribution in [0.25, 0.3) is 0 Å². The minimum atomic E-state index is 0.486. The summed E-state index contributed by atoms with van der Waals surface area (Å²) in [7, 11) is 0. The van der Waals surface area contributed by atoms with Crippen LogP contribution in [0.2, 0.25) is 0 Å². The van der Waals surface area contributed by atoms with E-state index in [2.05, 4.69) is 62.1 Å². The Hall–Kier alpha value is -1.52. The Balaban J connectivity index is 1.46. The largest absolute Gasteiger partial charge is 0.379 e. The lowest BCUT2D eigenvalue weighted by atomic mass is 9.81. The summed E-state index contributed by atoms with van der Waals surface area (Å²) < 4.78 is 5.77. The minimum Gasteiger partial charge on any atom is -0.379 e. The van der Waals surface area contributed by atoms with Gasteiger partial charge in [0.05, 0.1) is 6.10 Å². The summed E-state index contributed by atoms with van der Waals surface area (Å²) in [6, 6.07) is 8.95. The number of allylic oxidation sites excluding steroid dienone is 2. The van der Waals surface area contributed by atoms with Crippen LogP contribution in [0, 0.1) is 23.7 Å². The van der Waals surface area contributed by atoms with Crippen LogP contribution in [0.3, 0.4) is 0 Å². The second-order valence-corrected chi connectivity index (χ2v) is 8.37. The molecule has 0 unspecified atom stereocenters. The molecule has 2 aliphatic carbocycles. The molecule has 3 rings (SSSR count). The van der Waals surface area contributed by atoms with E-state index in [9.17, 15) is 0 Å². The van der Waals surface area contributed by atoms with Crippen LogP contribution < -0.4 is 0 Å². The second-order valence-electron chi connectivity index (χ2n) is 8.37. The van der Waals surface area contributed by atoms with Crippen LogP contribution in [-0.2, 0) is 4.74 Å². The average molecular weight is 365 g/mol. The molecule has 1 nitrogen and oxygen atoms in total. The first-order valence-corrected chi connectivity index (χ1v) is 11.2. The maximum atomic E-state index is 5.77. The summed E-state index contributed by atoms with van der Waals surface area (Å²) in [4.78, 5) is 0. The van der Waals surface area contributed by atoms with Gasteiger partial charge in [-0.2, -0.15) is 0 Å². The van der Waals surface area contributed by atoms with Gasteiger partial charge >= 0.3 is 0 Å². The van der Waals surface area contributed by atoms with Crippen LogP contribution in [-0.4, -0.2) is 12.7 Å². The number of ether oxygens (including phenoxy) is 1. The standard InChI is InChI=1S/C26H36O/c1-3-21-9-11-22(12-10-21)7-5-6-8-23-13-15-24(16-14-23)25-17-19-26(20-18-25)27-4-2/h5,7,13-16,21-22,25-26H,3-4,9-12,17-20H2,1-2H3/t21-,22-,25-,26-. The number of hydrogen-bond acceptors (Lipinski definition) is 1. The normalized spacial score (nSPS) is 28.7. The van der Waals surface area contributed by atoms with E-state index < -0.39 is 0 Å². The molecule has 2 fully saturated rings. The summed E-state index contributed by atoms with van der Waals surface area (Å²) in [6.07, 6.45) is 16.6. The Morgan fingerprint density at radius 1 is 0.926 bits per heavy atom. The summed E-state index contributed by atoms with van der Waals surface area (Å²) in [5.74, 6) is 8.96. The van der Waals surface area contributed by atoms with Gasteiger partial charge in [0.15, 0.2) is 0 Å². The van der Waals surface area contributed by atoms with E-state index in [-0.39, 0.29) is 0 Å². The zero-order valence-electron chi connectivity index (χ0n) is 17.3. The Morgan fingerprint density at radius 2 is 1.63 bits per heavy atom. The third-order valence-electron chi connectivity index (χ3n) is 6.60. The second kappa shape index (κ2) is 10.7. The molecule has 0 saturated heterocycles. The first-order chi connectivity index (χ1) is 13.3. The van der Waals surface area contributed by atoms with Gasteiger partial charge in [0.1, 0.15) is 0 Å². The van der Waals surface area contributed by atoms with Crippen molar-refractivity contribution in [2.45, 2.75) is 83.7 Å². The van der Waals surface area contributed by atoms with Crippen LogP contribution in [0.1, 0.15) is 88.7 Å². The molecule has 0 aromatic heterocycles. The van der Waals surface area contributed by atoms with E-state index in [0.717, 1.165) is 24.0 Å². The SMILES string of the molecule is CCO[C@H]1CC[C@H](c2ccc(C#CC=C[C@H]3CC[C@H](CC)CC3)cc2)CC1. The van der Waals surface area contributed by atoms with Gasteiger partial charge in [0.2, 0.25) is 0 Å². The lowest BCUT2D eigenvalue weighted by Gasteiger charge is -2.28. The highest BCUT2D eigenvalue weighted by Gasteiger charge is 2.22. The van der Waals surface area contributed by atoms with Crippen molar-refractivity contribution in [2.75, 3.05) is 6.61 Å². The van der Waals surface area contributed by atoms with E-state index in [0.29, 0.717) is 12.0 Å². The molecule has 0 heterocycles. The summed E-state index contributed by atoms with van der Waals surface area (Å²) in [5, 5.41) is 0. The molecule has 146 valence electrons. The van der Waals surface area contributed by atoms with Crippen molar-refractivity contribution in [1.29, 1.82) is 0 Å². The van der Waals surface area contributed by atoms with Crippen LogP contribution >= 0.6 is 0 Å². The third kappa shape index (κ3) is 6.25. The lowest BCUT2D eigenvalue weighted by Crippen LogP contribution is -2.20. The highest BCUT2D eigenvalue weighted by Crippen LogP contribution is 2.34. The van der Waals surface area contributed by atoms with Crippen molar-refractivity contribution in [3.8, 4) is 11.8 Å². The average Bonchev–Trinajstić information content (AvgIpc) is 2.73. The molecule has 1 aromatic rings. The van der Waals surface area contributed by atoms with E-state index >= 15 is 0 Å². The van der Waals surface area contributed by atoms with Gasteiger partial charge < -0.3 is 4.74 Å². The zero-order chi connectivity index (χ0) is 18.9. The van der Waals surface area contributed by atoms with Crippen molar-refractivity contribution < 1.29 is 4.74 Å². The van der Waals surface area contributed by atoms with Gasteiger partial charge in [-0.1, -0.05) is 43.4 Å². The molecule has 0 radical (unpaired) electrons. The maximum absolute atomic E-state index is 5.77. The van der Waals surface area contributed by atoms with Crippen molar-refractivity contribution in [1.82, 2.24) is 0 Å². The fraction of sp³-hybridized carbons (Fsp3) is 0.615. The maximum Gasteiger partial charge on any atom is 0.0575 e. The van der Waals surface area contributed by atoms with E-state index in [1.807, 2.05) is 0 Å². The Kier molecular flexibility index (Phi) is 8.03. The molecule has 0 spiro atoms. The summed E-state index contributed by atoms with van der Waals surface area (Å²) in [6.45, 7) is 5.26. The predicted molar refractivity (Wildman–Crippen MR) is 115 cm³/mol. The summed E-state index contributed by atoms with van der Waals surface area (Å²) in [5.41, 5.74) is 2.60. The quantitative estimate of drug-likeness (QED) is 0.518. The molecule has 0 aliphatic heterocycles. The van der Waals surface area contributed by atoms with Crippen LogP contribution in [0.5, 0.6) is 0 Å². The molecule has 0 atom stereocenters. The topological polar surface area (TPSA) is 9.23 Å².